The van der Waals surface area contributed by atoms with Crippen molar-refractivity contribution >= 4 is 11.9 Å². The third kappa shape index (κ3) is 1.84. The predicted octanol–water partition coefficient (Wildman–Crippen LogP) is 1.84. The molecule has 5 rings (SSSR count). The van der Waals surface area contributed by atoms with Gasteiger partial charge >= 0.3 is 6.03 Å². The number of urea groups is 1. The molecule has 2 heterocycles. The number of benzene rings is 1. The molecular formula is C17H16N4O3. The number of amides is 3. The van der Waals surface area contributed by atoms with E-state index < -0.39 is 11.6 Å². The molecule has 24 heavy (non-hydrogen) atoms. The summed E-state index contributed by atoms with van der Waals surface area (Å²) in [4.78, 5) is 30.9. The fourth-order valence-electron chi connectivity index (χ4n) is 3.70. The summed E-state index contributed by atoms with van der Waals surface area (Å²) in [5.74, 6) is 1.11. The van der Waals surface area contributed by atoms with Gasteiger partial charge in [0.25, 0.3) is 5.91 Å². The van der Waals surface area contributed by atoms with Gasteiger partial charge in [-0.2, -0.15) is 4.98 Å². The van der Waals surface area contributed by atoms with Gasteiger partial charge < -0.3 is 9.84 Å². The van der Waals surface area contributed by atoms with Crippen molar-refractivity contribution < 1.29 is 14.1 Å². The lowest BCUT2D eigenvalue weighted by atomic mass is 9.92. The first-order valence-corrected chi connectivity index (χ1v) is 8.22. The highest BCUT2D eigenvalue weighted by atomic mass is 16.5. The fourth-order valence-corrected chi connectivity index (χ4v) is 3.70. The monoisotopic (exact) mass is 324 g/mol. The van der Waals surface area contributed by atoms with Gasteiger partial charge in [0, 0.05) is 5.92 Å². The van der Waals surface area contributed by atoms with Crippen LogP contribution in [0.4, 0.5) is 4.79 Å². The number of carbonyl (C=O) groups is 2. The number of rotatable bonds is 3. The highest BCUT2D eigenvalue weighted by molar-refractivity contribution is 6.08. The Labute approximate surface area is 138 Å². The topological polar surface area (TPSA) is 88.3 Å². The first-order valence-electron chi connectivity index (χ1n) is 8.22. The minimum atomic E-state index is -0.934. The van der Waals surface area contributed by atoms with Gasteiger partial charge in [-0.1, -0.05) is 29.4 Å². The van der Waals surface area contributed by atoms with Crippen LogP contribution in [-0.4, -0.2) is 27.0 Å². The Bertz CT molecular complexity index is 857. The molecule has 0 unspecified atom stereocenters. The van der Waals surface area contributed by atoms with Crippen LogP contribution in [0.5, 0.6) is 0 Å². The van der Waals surface area contributed by atoms with E-state index in [1.165, 1.54) is 4.90 Å². The van der Waals surface area contributed by atoms with E-state index in [1.54, 1.807) is 0 Å². The summed E-state index contributed by atoms with van der Waals surface area (Å²) in [5.41, 5.74) is 1.08. The Morgan fingerprint density at radius 3 is 2.96 bits per heavy atom. The molecule has 2 fully saturated rings. The van der Waals surface area contributed by atoms with Gasteiger partial charge in [0.15, 0.2) is 5.82 Å². The molecule has 1 saturated carbocycles. The van der Waals surface area contributed by atoms with E-state index in [-0.39, 0.29) is 12.5 Å². The quantitative estimate of drug-likeness (QED) is 0.870. The molecule has 1 aromatic carbocycles. The van der Waals surface area contributed by atoms with Crippen molar-refractivity contribution in [2.45, 2.75) is 43.7 Å². The van der Waals surface area contributed by atoms with Crippen molar-refractivity contribution in [3.63, 3.8) is 0 Å². The van der Waals surface area contributed by atoms with Gasteiger partial charge in [0.05, 0.1) is 6.54 Å². The molecule has 2 aliphatic carbocycles. The highest BCUT2D eigenvalue weighted by Crippen LogP contribution is 2.42. The number of hydrogen-bond acceptors (Lipinski definition) is 5. The molecule has 1 atom stereocenters. The van der Waals surface area contributed by atoms with Gasteiger partial charge in [-0.15, -0.1) is 0 Å². The second-order valence-electron chi connectivity index (χ2n) is 6.71. The van der Waals surface area contributed by atoms with E-state index >= 15 is 0 Å². The number of hydrogen-bond donors (Lipinski definition) is 1. The van der Waals surface area contributed by atoms with Crippen molar-refractivity contribution in [1.29, 1.82) is 0 Å². The van der Waals surface area contributed by atoms with Gasteiger partial charge in [0.2, 0.25) is 5.89 Å². The second kappa shape index (κ2) is 4.66. The number of imide groups is 1. The number of nitrogens with one attached hydrogen (secondary N) is 1. The van der Waals surface area contributed by atoms with Crippen molar-refractivity contribution in [1.82, 2.24) is 20.4 Å². The molecule has 2 aromatic rings. The van der Waals surface area contributed by atoms with Crippen LogP contribution >= 0.6 is 0 Å². The standard InChI is InChI=1S/C17H16N4O3/c22-15-17(8-7-10-3-1-2-4-12(10)17)19-16(23)21(15)9-13-18-14(24-20-13)11-5-6-11/h1-4,11H,5-9H2,(H,19,23)/t17-/m1/s1. The zero-order valence-corrected chi connectivity index (χ0v) is 13.0. The Kier molecular flexibility index (Phi) is 2.66. The minimum Gasteiger partial charge on any atom is -0.339 e. The largest absolute Gasteiger partial charge is 0.339 e. The maximum atomic E-state index is 13.0. The van der Waals surface area contributed by atoms with E-state index in [9.17, 15) is 9.59 Å². The maximum absolute atomic E-state index is 13.0. The summed E-state index contributed by atoms with van der Waals surface area (Å²) in [6.07, 6.45) is 3.49. The molecule has 1 aromatic heterocycles. The zero-order chi connectivity index (χ0) is 16.3. The lowest BCUT2D eigenvalue weighted by molar-refractivity contribution is -0.132. The Morgan fingerprint density at radius 2 is 2.12 bits per heavy atom. The summed E-state index contributed by atoms with van der Waals surface area (Å²) < 4.78 is 5.21. The van der Waals surface area contributed by atoms with Gasteiger partial charge in [0.1, 0.15) is 5.54 Å². The van der Waals surface area contributed by atoms with Gasteiger partial charge in [-0.3, -0.25) is 9.69 Å². The van der Waals surface area contributed by atoms with Crippen molar-refractivity contribution in [2.24, 2.45) is 0 Å². The van der Waals surface area contributed by atoms with E-state index in [0.717, 1.165) is 30.4 Å². The minimum absolute atomic E-state index is 0.0464. The van der Waals surface area contributed by atoms with Crippen LogP contribution in [0, 0.1) is 0 Å². The van der Waals surface area contributed by atoms with E-state index in [1.807, 2.05) is 24.3 Å². The lowest BCUT2D eigenvalue weighted by Gasteiger charge is -2.22. The summed E-state index contributed by atoms with van der Waals surface area (Å²) in [7, 11) is 0. The molecular weight excluding hydrogens is 308 g/mol. The number of nitrogens with zero attached hydrogens (tertiary/aromatic N) is 3. The molecule has 122 valence electrons. The van der Waals surface area contributed by atoms with Crippen LogP contribution in [0.15, 0.2) is 28.8 Å². The van der Waals surface area contributed by atoms with Crippen LogP contribution in [0.25, 0.3) is 0 Å². The molecule has 1 N–H and O–H groups in total. The molecule has 3 amide bonds. The fraction of sp³-hybridized carbons (Fsp3) is 0.412. The smallest absolute Gasteiger partial charge is 0.325 e. The first-order chi connectivity index (χ1) is 11.7. The van der Waals surface area contributed by atoms with Crippen LogP contribution in [0.3, 0.4) is 0 Å². The molecule has 1 spiro atoms. The molecule has 1 saturated heterocycles. The van der Waals surface area contributed by atoms with Crippen molar-refractivity contribution in [3.8, 4) is 0 Å². The lowest BCUT2D eigenvalue weighted by Crippen LogP contribution is -2.41. The number of aryl methyl sites for hydroxylation is 1. The summed E-state index contributed by atoms with van der Waals surface area (Å²) in [6, 6.07) is 7.39. The number of fused-ring (bicyclic) bond motifs is 2. The first kappa shape index (κ1) is 13.7. The van der Waals surface area contributed by atoms with E-state index in [4.69, 9.17) is 4.52 Å². The predicted molar refractivity (Wildman–Crippen MR) is 81.8 cm³/mol. The molecule has 1 aliphatic heterocycles. The van der Waals surface area contributed by atoms with Crippen molar-refractivity contribution in [2.75, 3.05) is 0 Å². The molecule has 3 aliphatic rings. The SMILES string of the molecule is O=C1N[C@@]2(CCc3ccccc32)C(=O)N1Cc1noc(C2CC2)n1. The van der Waals surface area contributed by atoms with Gasteiger partial charge in [-0.25, -0.2) is 4.79 Å². The maximum Gasteiger partial charge on any atom is 0.325 e. The van der Waals surface area contributed by atoms with Crippen LogP contribution in [0.1, 0.15) is 48.0 Å². The summed E-state index contributed by atoms with van der Waals surface area (Å²) in [5, 5.41) is 6.81. The molecule has 0 radical (unpaired) electrons. The number of carbonyl (C=O) groups excluding carboxylic acids is 2. The Balaban J connectivity index is 1.44. The normalized spacial score (nSPS) is 25.4. The molecule has 7 nitrogen and oxygen atoms in total. The second-order valence-corrected chi connectivity index (χ2v) is 6.71. The Morgan fingerprint density at radius 1 is 1.29 bits per heavy atom. The third-order valence-corrected chi connectivity index (χ3v) is 5.13. The number of aromatic nitrogens is 2. The van der Waals surface area contributed by atoms with Crippen LogP contribution < -0.4 is 5.32 Å². The highest BCUT2D eigenvalue weighted by Gasteiger charge is 2.55. The van der Waals surface area contributed by atoms with Gasteiger partial charge in [-0.05, 0) is 36.8 Å². The summed E-state index contributed by atoms with van der Waals surface area (Å²) in [6.45, 7) is 0.0464. The van der Waals surface area contributed by atoms with Crippen molar-refractivity contribution in [3.05, 3.63) is 47.1 Å². The summed E-state index contributed by atoms with van der Waals surface area (Å²) >= 11 is 0. The van der Waals surface area contributed by atoms with E-state index in [0.29, 0.717) is 24.1 Å². The van der Waals surface area contributed by atoms with Crippen LogP contribution in [-0.2, 0) is 23.3 Å². The third-order valence-electron chi connectivity index (χ3n) is 5.13. The Hall–Kier alpha value is -2.70. The van der Waals surface area contributed by atoms with E-state index in [2.05, 4.69) is 15.5 Å². The average molecular weight is 324 g/mol. The van der Waals surface area contributed by atoms with Crippen LogP contribution in [0.2, 0.25) is 0 Å². The average Bonchev–Trinajstić information content (AvgIpc) is 3.15. The zero-order valence-electron chi connectivity index (χ0n) is 13.0. The molecule has 0 bridgehead atoms. The molecule has 7 heteroatoms.